The first-order valence-corrected chi connectivity index (χ1v) is 9.39. The Morgan fingerprint density at radius 3 is 2.64 bits per heavy atom. The second kappa shape index (κ2) is 8.67. The number of hydrogen-bond donors (Lipinski definition) is 6. The van der Waals surface area contributed by atoms with Crippen LogP contribution < -0.4 is 11.2 Å². The predicted octanol–water partition coefficient (Wildman–Crippen LogP) is -1.09. The number of nitrogens with zero attached hydrogens (tertiary/aromatic N) is 2. The van der Waals surface area contributed by atoms with Crippen LogP contribution in [0, 0.1) is 0 Å². The molecule has 0 aromatic carbocycles. The standard InChI is InChI=1S/C15H23BrFN3O8/c1-2-3-4-5-10(17)20(27)14(25)11(22)9(7-21)28-15(14,26)19-6-8(16)12(23)18-13(19)24/h6,9-11,21-22,25-27H,2-5,7H2,1H3,(H,18,23,24)/t9-,10?,11-,14-,15+/m1/s1. The van der Waals surface area contributed by atoms with Crippen LogP contribution in [0.4, 0.5) is 4.39 Å². The SMILES string of the molecule is CCCCCC(F)N(O)[C@@]1(O)[C@H](O)[C@@H](CO)O[C@]1(O)n1cc(Br)c(=O)[nH]c1=O. The maximum absolute atomic E-state index is 14.5. The number of halogens is 2. The molecule has 0 radical (unpaired) electrons. The number of hydroxylamine groups is 2. The Hall–Kier alpha value is -1.19. The Kier molecular flexibility index (Phi) is 7.15. The molecule has 11 nitrogen and oxygen atoms in total. The number of hydrogen-bond acceptors (Lipinski definition) is 9. The van der Waals surface area contributed by atoms with E-state index in [1.54, 1.807) is 0 Å². The highest BCUT2D eigenvalue weighted by Gasteiger charge is 2.71. The molecule has 1 aromatic rings. The Morgan fingerprint density at radius 2 is 2.07 bits per heavy atom. The molecule has 1 aromatic heterocycles. The number of aliphatic hydroxyl groups excluding tert-OH is 2. The Morgan fingerprint density at radius 1 is 1.43 bits per heavy atom. The van der Waals surface area contributed by atoms with Gasteiger partial charge < -0.3 is 30.4 Å². The number of ether oxygens (including phenoxy) is 1. The van der Waals surface area contributed by atoms with Gasteiger partial charge in [0, 0.05) is 6.20 Å². The number of nitrogens with one attached hydrogen (secondary N) is 1. The van der Waals surface area contributed by atoms with Gasteiger partial charge in [0.15, 0.2) is 6.30 Å². The van der Waals surface area contributed by atoms with E-state index >= 15 is 0 Å². The van der Waals surface area contributed by atoms with Gasteiger partial charge in [0.2, 0.25) is 5.72 Å². The topological polar surface area (TPSA) is 168 Å². The molecule has 28 heavy (non-hydrogen) atoms. The quantitative estimate of drug-likeness (QED) is 0.119. The minimum Gasteiger partial charge on any atom is -0.394 e. The lowest BCUT2D eigenvalue weighted by atomic mass is 10.00. The molecule has 0 spiro atoms. The van der Waals surface area contributed by atoms with Gasteiger partial charge in [-0.15, -0.1) is 5.06 Å². The van der Waals surface area contributed by atoms with Crippen molar-refractivity contribution in [2.45, 2.75) is 62.7 Å². The third kappa shape index (κ3) is 3.68. The molecule has 6 N–H and O–H groups in total. The summed E-state index contributed by atoms with van der Waals surface area (Å²) in [5.74, 6) is -3.26. The van der Waals surface area contributed by atoms with E-state index in [9.17, 15) is 39.6 Å². The van der Waals surface area contributed by atoms with E-state index in [4.69, 9.17) is 4.74 Å². The average molecular weight is 472 g/mol. The van der Waals surface area contributed by atoms with Crippen molar-refractivity contribution >= 4 is 15.9 Å². The van der Waals surface area contributed by atoms with Gasteiger partial charge in [0.25, 0.3) is 5.56 Å². The first kappa shape index (κ1) is 23.1. The normalized spacial score (nSPS) is 31.5. The second-order valence-corrected chi connectivity index (χ2v) is 7.35. The smallest absolute Gasteiger partial charge is 0.332 e. The summed E-state index contributed by atoms with van der Waals surface area (Å²) in [5.41, 5.74) is -5.45. The van der Waals surface area contributed by atoms with E-state index < -0.39 is 48.0 Å². The van der Waals surface area contributed by atoms with E-state index in [1.165, 1.54) is 0 Å². The van der Waals surface area contributed by atoms with Crippen molar-refractivity contribution in [2.24, 2.45) is 0 Å². The molecule has 2 rings (SSSR count). The minimum absolute atomic E-state index is 0.260. The molecular weight excluding hydrogens is 449 g/mol. The minimum atomic E-state index is -3.30. The van der Waals surface area contributed by atoms with Crippen molar-refractivity contribution in [3.63, 3.8) is 0 Å². The van der Waals surface area contributed by atoms with Crippen LogP contribution in [0.2, 0.25) is 0 Å². The first-order chi connectivity index (χ1) is 13.0. The fourth-order valence-electron chi connectivity index (χ4n) is 3.04. The highest BCUT2D eigenvalue weighted by molar-refractivity contribution is 9.10. The summed E-state index contributed by atoms with van der Waals surface area (Å²) in [6.45, 7) is 0.933. The lowest BCUT2D eigenvalue weighted by molar-refractivity contribution is -0.428. The van der Waals surface area contributed by atoms with Crippen LogP contribution >= 0.6 is 15.9 Å². The van der Waals surface area contributed by atoms with E-state index in [2.05, 4.69) is 15.9 Å². The molecule has 1 unspecified atom stereocenters. The molecule has 2 heterocycles. The summed E-state index contributed by atoms with van der Waals surface area (Å²) >= 11 is 2.83. The molecule has 1 aliphatic rings. The van der Waals surface area contributed by atoms with Crippen molar-refractivity contribution in [1.82, 2.24) is 14.6 Å². The number of H-pyrrole nitrogens is 1. The molecule has 1 fully saturated rings. The van der Waals surface area contributed by atoms with Gasteiger partial charge in [-0.2, -0.15) is 0 Å². The Balaban J connectivity index is 2.55. The van der Waals surface area contributed by atoms with Crippen molar-refractivity contribution < 1.29 is 34.8 Å². The van der Waals surface area contributed by atoms with Gasteiger partial charge >= 0.3 is 11.6 Å². The molecule has 0 amide bonds. The van der Waals surface area contributed by atoms with E-state index in [0.29, 0.717) is 12.8 Å². The molecule has 0 bridgehead atoms. The maximum atomic E-state index is 14.5. The fourth-order valence-corrected chi connectivity index (χ4v) is 3.35. The number of unbranched alkanes of at least 4 members (excludes halogenated alkanes) is 2. The zero-order chi connectivity index (χ0) is 21.3. The molecule has 0 saturated carbocycles. The van der Waals surface area contributed by atoms with Crippen molar-refractivity contribution in [1.29, 1.82) is 0 Å². The van der Waals surface area contributed by atoms with Gasteiger partial charge in [-0.3, -0.25) is 9.78 Å². The Labute approximate surface area is 166 Å². The van der Waals surface area contributed by atoms with E-state index in [1.807, 2.05) is 11.9 Å². The summed E-state index contributed by atoms with van der Waals surface area (Å²) in [7, 11) is 0. The molecule has 1 saturated heterocycles. The van der Waals surface area contributed by atoms with Crippen LogP contribution in [0.5, 0.6) is 0 Å². The van der Waals surface area contributed by atoms with Crippen LogP contribution in [0.25, 0.3) is 0 Å². The van der Waals surface area contributed by atoms with Crippen molar-refractivity contribution in [3.05, 3.63) is 31.5 Å². The highest BCUT2D eigenvalue weighted by atomic mass is 79.9. The molecular formula is C15H23BrFN3O8. The number of aliphatic hydroxyl groups is 4. The maximum Gasteiger partial charge on any atom is 0.332 e. The summed E-state index contributed by atoms with van der Waals surface area (Å²) in [6, 6.07) is 0. The first-order valence-electron chi connectivity index (χ1n) is 8.60. The van der Waals surface area contributed by atoms with E-state index in [0.717, 1.165) is 12.6 Å². The summed E-state index contributed by atoms with van der Waals surface area (Å²) in [4.78, 5) is 25.5. The summed E-state index contributed by atoms with van der Waals surface area (Å²) in [5, 5.41) is 51.6. The molecule has 1 aliphatic heterocycles. The van der Waals surface area contributed by atoms with Crippen LogP contribution in [0.1, 0.15) is 32.6 Å². The van der Waals surface area contributed by atoms with Crippen LogP contribution in [0.15, 0.2) is 20.3 Å². The summed E-state index contributed by atoms with van der Waals surface area (Å²) < 4.78 is 19.6. The molecule has 5 atom stereocenters. The van der Waals surface area contributed by atoms with Crippen LogP contribution in [-0.4, -0.2) is 71.1 Å². The lowest BCUT2D eigenvalue weighted by Crippen LogP contribution is -2.69. The molecule has 0 aliphatic carbocycles. The summed E-state index contributed by atoms with van der Waals surface area (Å²) in [6.07, 6.45) is -3.98. The average Bonchev–Trinajstić information content (AvgIpc) is 2.86. The fraction of sp³-hybridized carbons (Fsp3) is 0.733. The van der Waals surface area contributed by atoms with Gasteiger partial charge in [0.05, 0.1) is 11.1 Å². The highest BCUT2D eigenvalue weighted by Crippen LogP contribution is 2.44. The van der Waals surface area contributed by atoms with Gasteiger partial charge in [-0.1, -0.05) is 19.8 Å². The molecule has 160 valence electrons. The van der Waals surface area contributed by atoms with Crippen LogP contribution in [0.3, 0.4) is 0 Å². The zero-order valence-corrected chi connectivity index (χ0v) is 16.5. The van der Waals surface area contributed by atoms with Gasteiger partial charge in [-0.25, -0.2) is 13.8 Å². The third-order valence-corrected chi connectivity index (χ3v) is 5.19. The lowest BCUT2D eigenvalue weighted by Gasteiger charge is -2.43. The van der Waals surface area contributed by atoms with E-state index in [-0.39, 0.29) is 20.5 Å². The molecule has 13 heteroatoms. The predicted molar refractivity (Wildman–Crippen MR) is 94.8 cm³/mol. The van der Waals surface area contributed by atoms with Gasteiger partial charge in [-0.05, 0) is 28.8 Å². The number of aromatic nitrogens is 2. The zero-order valence-electron chi connectivity index (χ0n) is 15.0. The third-order valence-electron chi connectivity index (χ3n) is 4.63. The monoisotopic (exact) mass is 471 g/mol. The van der Waals surface area contributed by atoms with Gasteiger partial charge in [0.1, 0.15) is 12.2 Å². The number of aromatic amines is 1. The Bertz CT molecular complexity index is 806. The van der Waals surface area contributed by atoms with Crippen molar-refractivity contribution in [2.75, 3.05) is 6.61 Å². The second-order valence-electron chi connectivity index (χ2n) is 6.50. The van der Waals surface area contributed by atoms with Crippen LogP contribution in [-0.2, 0) is 10.6 Å². The number of rotatable bonds is 8. The number of alkyl halides is 1. The van der Waals surface area contributed by atoms with Crippen molar-refractivity contribution in [3.8, 4) is 0 Å². The largest absolute Gasteiger partial charge is 0.394 e.